The number of aliphatic imine (C=N–C) groups is 1. The van der Waals surface area contributed by atoms with Crippen molar-refractivity contribution in [3.05, 3.63) is 53.3 Å². The van der Waals surface area contributed by atoms with E-state index >= 15 is 0 Å². The lowest BCUT2D eigenvalue weighted by Crippen LogP contribution is -2.15. The van der Waals surface area contributed by atoms with E-state index < -0.39 is 0 Å². The van der Waals surface area contributed by atoms with Gasteiger partial charge in [0.15, 0.2) is 0 Å². The van der Waals surface area contributed by atoms with Crippen molar-refractivity contribution in [3.63, 3.8) is 0 Å². The zero-order chi connectivity index (χ0) is 14.1. The number of fused-ring (bicyclic) bond motifs is 1. The molecule has 2 aromatic rings. The molecule has 100 valence electrons. The van der Waals surface area contributed by atoms with Gasteiger partial charge in [-0.1, -0.05) is 6.07 Å². The molecule has 1 aliphatic heterocycles. The van der Waals surface area contributed by atoms with Gasteiger partial charge in [0.2, 0.25) is 5.91 Å². The molecule has 0 radical (unpaired) electrons. The minimum Gasteiger partial charge on any atom is -0.324 e. The third kappa shape index (κ3) is 2.32. The maximum Gasteiger partial charge on any atom is 0.230 e. The summed E-state index contributed by atoms with van der Waals surface area (Å²) in [6.07, 6.45) is 1.95. The monoisotopic (exact) mass is 265 g/mol. The van der Waals surface area contributed by atoms with E-state index in [1.165, 1.54) is 0 Å². The minimum atomic E-state index is -0.0589. The van der Waals surface area contributed by atoms with Gasteiger partial charge in [-0.25, -0.2) is 4.99 Å². The van der Waals surface area contributed by atoms with Gasteiger partial charge in [-0.05, 0) is 49.2 Å². The number of amides is 1. The molecule has 2 heterocycles. The summed E-state index contributed by atoms with van der Waals surface area (Å²) in [5.41, 5.74) is 5.30. The van der Waals surface area contributed by atoms with Crippen LogP contribution < -0.4 is 5.32 Å². The van der Waals surface area contributed by atoms with Crippen molar-refractivity contribution in [1.29, 1.82) is 0 Å². The van der Waals surface area contributed by atoms with Gasteiger partial charge in [0.05, 0.1) is 29.2 Å². The van der Waals surface area contributed by atoms with E-state index in [0.29, 0.717) is 5.71 Å². The lowest BCUT2D eigenvalue weighted by Gasteiger charge is -2.08. The van der Waals surface area contributed by atoms with E-state index in [-0.39, 0.29) is 12.3 Å². The Kier molecular flexibility index (Phi) is 3.06. The summed E-state index contributed by atoms with van der Waals surface area (Å²) in [7, 11) is 0. The number of benzene rings is 1. The molecular weight excluding hydrogens is 250 g/mol. The fourth-order valence-corrected chi connectivity index (χ4v) is 2.21. The third-order valence-electron chi connectivity index (χ3n) is 3.43. The summed E-state index contributed by atoms with van der Waals surface area (Å²) in [6.45, 7) is 4.06. The van der Waals surface area contributed by atoms with E-state index in [1.54, 1.807) is 6.20 Å². The standard InChI is InChI=1S/C16H15N3O/c1-10-7-13-14(8-11(10)2)19-16(20)9-15(18-13)12-5-3-4-6-17-12/h3-8H,9H2,1-2H3,(H,19,20). The number of nitrogens with one attached hydrogen (secondary N) is 1. The Morgan fingerprint density at radius 1 is 1.15 bits per heavy atom. The molecule has 0 aliphatic carbocycles. The van der Waals surface area contributed by atoms with E-state index in [9.17, 15) is 4.79 Å². The molecule has 1 aromatic heterocycles. The number of carbonyl (C=O) groups is 1. The number of anilines is 1. The Hall–Kier alpha value is -2.49. The normalized spacial score (nSPS) is 14.1. The average Bonchev–Trinajstić information content (AvgIpc) is 2.59. The number of carbonyl (C=O) groups excluding carboxylic acids is 1. The van der Waals surface area contributed by atoms with Gasteiger partial charge in [-0.2, -0.15) is 0 Å². The Bertz CT molecular complexity index is 705. The Labute approximate surface area is 117 Å². The van der Waals surface area contributed by atoms with Crippen molar-refractivity contribution >= 4 is 23.0 Å². The third-order valence-corrected chi connectivity index (χ3v) is 3.43. The number of nitrogens with zero attached hydrogens (tertiary/aromatic N) is 2. The van der Waals surface area contributed by atoms with Gasteiger partial charge in [0.25, 0.3) is 0 Å². The van der Waals surface area contributed by atoms with Gasteiger partial charge in [0, 0.05) is 6.20 Å². The Balaban J connectivity index is 2.14. The molecule has 20 heavy (non-hydrogen) atoms. The first-order valence-corrected chi connectivity index (χ1v) is 6.53. The first kappa shape index (κ1) is 12.5. The quantitative estimate of drug-likeness (QED) is 0.861. The van der Waals surface area contributed by atoms with E-state index in [2.05, 4.69) is 15.3 Å². The van der Waals surface area contributed by atoms with E-state index in [4.69, 9.17) is 0 Å². The van der Waals surface area contributed by atoms with Gasteiger partial charge in [0.1, 0.15) is 0 Å². The maximum atomic E-state index is 12.0. The first-order valence-electron chi connectivity index (χ1n) is 6.53. The molecule has 0 fully saturated rings. The highest BCUT2D eigenvalue weighted by molar-refractivity contribution is 6.16. The number of pyridine rings is 1. The van der Waals surface area contributed by atoms with Crippen molar-refractivity contribution in [2.45, 2.75) is 20.3 Å². The van der Waals surface area contributed by atoms with Crippen LogP contribution in [-0.4, -0.2) is 16.6 Å². The summed E-state index contributed by atoms with van der Waals surface area (Å²) < 4.78 is 0. The molecule has 0 saturated carbocycles. The molecule has 4 heteroatoms. The summed E-state index contributed by atoms with van der Waals surface area (Å²) in [5.74, 6) is -0.0589. The van der Waals surface area contributed by atoms with Gasteiger partial charge in [-0.3, -0.25) is 9.78 Å². The fraction of sp³-hybridized carbons (Fsp3) is 0.188. The molecular formula is C16H15N3O. The van der Waals surface area contributed by atoms with Crippen LogP contribution in [0.1, 0.15) is 23.2 Å². The van der Waals surface area contributed by atoms with Crippen LogP contribution in [-0.2, 0) is 4.79 Å². The van der Waals surface area contributed by atoms with Crippen molar-refractivity contribution in [3.8, 4) is 0 Å². The van der Waals surface area contributed by atoms with Gasteiger partial charge >= 0.3 is 0 Å². The highest BCUT2D eigenvalue weighted by Crippen LogP contribution is 2.31. The second-order valence-electron chi connectivity index (χ2n) is 4.95. The van der Waals surface area contributed by atoms with Crippen LogP contribution in [0.4, 0.5) is 11.4 Å². The van der Waals surface area contributed by atoms with Crippen LogP contribution >= 0.6 is 0 Å². The number of aryl methyl sites for hydroxylation is 2. The summed E-state index contributed by atoms with van der Waals surface area (Å²) in [5, 5.41) is 2.91. The lowest BCUT2D eigenvalue weighted by molar-refractivity contribution is -0.115. The largest absolute Gasteiger partial charge is 0.324 e. The van der Waals surface area contributed by atoms with Gasteiger partial charge < -0.3 is 5.32 Å². The molecule has 0 spiro atoms. The molecule has 1 aromatic carbocycles. The molecule has 1 amide bonds. The predicted molar refractivity (Wildman–Crippen MR) is 79.6 cm³/mol. The molecule has 0 atom stereocenters. The van der Waals surface area contributed by atoms with E-state index in [0.717, 1.165) is 28.2 Å². The molecule has 0 unspecified atom stereocenters. The summed E-state index contributed by atoms with van der Waals surface area (Å²) in [4.78, 5) is 20.9. The van der Waals surface area contributed by atoms with Gasteiger partial charge in [-0.15, -0.1) is 0 Å². The SMILES string of the molecule is Cc1cc2c(cc1C)NC(=O)CC(c1ccccn1)=N2. The van der Waals surface area contributed by atoms with Crippen LogP contribution in [0.2, 0.25) is 0 Å². The van der Waals surface area contributed by atoms with Crippen LogP contribution in [0.5, 0.6) is 0 Å². The van der Waals surface area contributed by atoms with Crippen molar-refractivity contribution in [2.75, 3.05) is 5.32 Å². The van der Waals surface area contributed by atoms with Crippen molar-refractivity contribution in [2.24, 2.45) is 4.99 Å². The van der Waals surface area contributed by atoms with Crippen LogP contribution in [0.15, 0.2) is 41.5 Å². The molecule has 0 saturated heterocycles. The van der Waals surface area contributed by atoms with Crippen LogP contribution in [0, 0.1) is 13.8 Å². The Morgan fingerprint density at radius 3 is 2.70 bits per heavy atom. The molecule has 4 nitrogen and oxygen atoms in total. The number of hydrogen-bond donors (Lipinski definition) is 1. The highest BCUT2D eigenvalue weighted by atomic mass is 16.1. The number of aromatic nitrogens is 1. The van der Waals surface area contributed by atoms with Crippen molar-refractivity contribution < 1.29 is 4.79 Å². The average molecular weight is 265 g/mol. The predicted octanol–water partition coefficient (Wildman–Crippen LogP) is 3.16. The number of hydrogen-bond acceptors (Lipinski definition) is 3. The van der Waals surface area contributed by atoms with E-state index in [1.807, 2.05) is 44.2 Å². The fourth-order valence-electron chi connectivity index (χ4n) is 2.21. The molecule has 0 bridgehead atoms. The molecule has 1 aliphatic rings. The minimum absolute atomic E-state index is 0.0589. The second kappa shape index (κ2) is 4.89. The zero-order valence-electron chi connectivity index (χ0n) is 11.5. The molecule has 1 N–H and O–H groups in total. The lowest BCUT2D eigenvalue weighted by atomic mass is 10.1. The topological polar surface area (TPSA) is 54.4 Å². The smallest absolute Gasteiger partial charge is 0.230 e. The zero-order valence-corrected chi connectivity index (χ0v) is 11.5. The second-order valence-corrected chi connectivity index (χ2v) is 4.95. The highest BCUT2D eigenvalue weighted by Gasteiger charge is 2.18. The van der Waals surface area contributed by atoms with Crippen LogP contribution in [0.3, 0.4) is 0 Å². The summed E-state index contributed by atoms with van der Waals surface area (Å²) in [6, 6.07) is 9.59. The molecule has 3 rings (SSSR count). The maximum absolute atomic E-state index is 12.0. The summed E-state index contributed by atoms with van der Waals surface area (Å²) >= 11 is 0. The van der Waals surface area contributed by atoms with Crippen LogP contribution in [0.25, 0.3) is 0 Å². The first-order chi connectivity index (χ1) is 9.63. The Morgan fingerprint density at radius 2 is 1.95 bits per heavy atom. The number of rotatable bonds is 1. The van der Waals surface area contributed by atoms with Crippen molar-refractivity contribution in [1.82, 2.24) is 4.98 Å².